The van der Waals surface area contributed by atoms with Crippen molar-refractivity contribution in [2.75, 3.05) is 0 Å². The normalized spacial score (nSPS) is 21.0. The Hall–Kier alpha value is -1.30. The number of hydrogen-bond donors (Lipinski definition) is 1. The van der Waals surface area contributed by atoms with Gasteiger partial charge in [-0.05, 0) is 13.8 Å². The minimum absolute atomic E-state index is 0.155. The molecule has 0 amide bonds. The largest absolute Gasteiger partial charge is 0.307 e. The molecule has 1 aromatic rings. The second kappa shape index (κ2) is 5.00. The van der Waals surface area contributed by atoms with Crippen molar-refractivity contribution in [3.05, 3.63) is 17.5 Å². The summed E-state index contributed by atoms with van der Waals surface area (Å²) in [6.45, 7) is 5.53. The number of carbonyl (C=O) groups excluding carboxylic acids is 1. The standard InChI is InChI=1S/C13H19F2N3O/c1-8(13(3,14)15)4-12(19)10-5-17-18-7-9(2)16-6-11(10)18/h5,8-9,16H,4,6-7H2,1-3H3/t8-,9-/m0/s1. The molecule has 1 aromatic heterocycles. The zero-order chi connectivity index (χ0) is 14.2. The second-order valence-electron chi connectivity index (χ2n) is 5.45. The molecule has 0 radical (unpaired) electrons. The Morgan fingerprint density at radius 2 is 2.37 bits per heavy atom. The van der Waals surface area contributed by atoms with Crippen LogP contribution in [-0.4, -0.2) is 27.5 Å². The van der Waals surface area contributed by atoms with Gasteiger partial charge < -0.3 is 5.32 Å². The lowest BCUT2D eigenvalue weighted by molar-refractivity contribution is -0.0329. The number of nitrogens with zero attached hydrogens (tertiary/aromatic N) is 2. The van der Waals surface area contributed by atoms with E-state index < -0.39 is 11.8 Å². The average molecular weight is 271 g/mol. The fourth-order valence-corrected chi connectivity index (χ4v) is 2.15. The highest BCUT2D eigenvalue weighted by Crippen LogP contribution is 2.28. The molecule has 106 valence electrons. The molecule has 1 N–H and O–H groups in total. The molecule has 0 saturated heterocycles. The maximum absolute atomic E-state index is 13.1. The smallest absolute Gasteiger partial charge is 0.248 e. The Morgan fingerprint density at radius 3 is 3.00 bits per heavy atom. The number of carbonyl (C=O) groups is 1. The third-order valence-corrected chi connectivity index (χ3v) is 3.67. The predicted octanol–water partition coefficient (Wildman–Crippen LogP) is 2.24. The number of rotatable bonds is 4. The van der Waals surface area contributed by atoms with E-state index >= 15 is 0 Å². The van der Waals surface area contributed by atoms with Crippen LogP contribution < -0.4 is 5.32 Å². The topological polar surface area (TPSA) is 46.9 Å². The SMILES string of the molecule is C[C@H]1Cn2ncc(C(=O)C[C@H](C)C(C)(F)F)c2CN1. The van der Waals surface area contributed by atoms with E-state index in [2.05, 4.69) is 10.4 Å². The molecule has 19 heavy (non-hydrogen) atoms. The van der Waals surface area contributed by atoms with Crippen LogP contribution in [0.5, 0.6) is 0 Å². The van der Waals surface area contributed by atoms with Gasteiger partial charge in [0.15, 0.2) is 5.78 Å². The van der Waals surface area contributed by atoms with Crippen molar-refractivity contribution < 1.29 is 13.6 Å². The van der Waals surface area contributed by atoms with Crippen LogP contribution in [0.2, 0.25) is 0 Å². The lowest BCUT2D eigenvalue weighted by Crippen LogP contribution is -2.37. The van der Waals surface area contributed by atoms with Crippen LogP contribution in [-0.2, 0) is 13.1 Å². The Bertz CT molecular complexity index is 479. The summed E-state index contributed by atoms with van der Waals surface area (Å²) < 4.78 is 28.0. The van der Waals surface area contributed by atoms with Gasteiger partial charge in [0.05, 0.1) is 24.0 Å². The van der Waals surface area contributed by atoms with Gasteiger partial charge in [-0.1, -0.05) is 6.92 Å². The van der Waals surface area contributed by atoms with E-state index in [0.29, 0.717) is 24.7 Å². The van der Waals surface area contributed by atoms with Gasteiger partial charge in [-0.25, -0.2) is 8.78 Å². The van der Waals surface area contributed by atoms with Crippen molar-refractivity contribution in [3.63, 3.8) is 0 Å². The number of halogens is 2. The molecule has 2 atom stereocenters. The van der Waals surface area contributed by atoms with Crippen LogP contribution >= 0.6 is 0 Å². The van der Waals surface area contributed by atoms with Crippen LogP contribution in [0.15, 0.2) is 6.20 Å². The van der Waals surface area contributed by atoms with E-state index in [-0.39, 0.29) is 12.2 Å². The van der Waals surface area contributed by atoms with Crippen LogP contribution in [0.25, 0.3) is 0 Å². The molecule has 0 aromatic carbocycles. The summed E-state index contributed by atoms with van der Waals surface area (Å²) in [4.78, 5) is 12.1. The molecule has 6 heteroatoms. The van der Waals surface area contributed by atoms with Crippen molar-refractivity contribution >= 4 is 5.78 Å². The van der Waals surface area contributed by atoms with Crippen molar-refractivity contribution in [1.29, 1.82) is 0 Å². The molecule has 1 aliphatic rings. The molecule has 0 aliphatic carbocycles. The summed E-state index contributed by atoms with van der Waals surface area (Å²) >= 11 is 0. The number of nitrogens with one attached hydrogen (secondary N) is 1. The van der Waals surface area contributed by atoms with Gasteiger partial charge in [0.1, 0.15) is 0 Å². The summed E-state index contributed by atoms with van der Waals surface area (Å²) in [5.74, 6) is -4.06. The molecular weight excluding hydrogens is 252 g/mol. The van der Waals surface area contributed by atoms with Crippen LogP contribution in [0.1, 0.15) is 43.2 Å². The van der Waals surface area contributed by atoms with Crippen LogP contribution in [0.3, 0.4) is 0 Å². The second-order valence-corrected chi connectivity index (χ2v) is 5.45. The fourth-order valence-electron chi connectivity index (χ4n) is 2.15. The molecular formula is C13H19F2N3O. The van der Waals surface area contributed by atoms with E-state index in [1.54, 1.807) is 4.68 Å². The van der Waals surface area contributed by atoms with Gasteiger partial charge >= 0.3 is 0 Å². The van der Waals surface area contributed by atoms with E-state index in [4.69, 9.17) is 0 Å². The lowest BCUT2D eigenvalue weighted by Gasteiger charge is -2.23. The summed E-state index contributed by atoms with van der Waals surface area (Å²) in [7, 11) is 0. The first-order chi connectivity index (χ1) is 8.79. The molecule has 0 spiro atoms. The highest BCUT2D eigenvalue weighted by molar-refractivity contribution is 5.97. The summed E-state index contributed by atoms with van der Waals surface area (Å²) in [6, 6.07) is 0.300. The average Bonchev–Trinajstić information content (AvgIpc) is 2.70. The monoisotopic (exact) mass is 271 g/mol. The molecule has 2 heterocycles. The van der Waals surface area contributed by atoms with Crippen molar-refractivity contribution in [1.82, 2.24) is 15.1 Å². The minimum Gasteiger partial charge on any atom is -0.307 e. The molecule has 4 nitrogen and oxygen atoms in total. The maximum Gasteiger partial charge on any atom is 0.248 e. The van der Waals surface area contributed by atoms with E-state index in [0.717, 1.165) is 12.6 Å². The van der Waals surface area contributed by atoms with Crippen molar-refractivity contribution in [2.45, 2.75) is 52.2 Å². The molecule has 0 unspecified atom stereocenters. The van der Waals surface area contributed by atoms with Gasteiger partial charge in [-0.15, -0.1) is 0 Å². The summed E-state index contributed by atoms with van der Waals surface area (Å²) in [5, 5.41) is 7.41. The molecule has 1 aliphatic heterocycles. The van der Waals surface area contributed by atoms with Gasteiger partial charge in [0, 0.05) is 24.9 Å². The summed E-state index contributed by atoms with van der Waals surface area (Å²) in [5.41, 5.74) is 1.27. The van der Waals surface area contributed by atoms with Gasteiger partial charge in [-0.2, -0.15) is 5.10 Å². The number of hydrogen-bond acceptors (Lipinski definition) is 3. The van der Waals surface area contributed by atoms with E-state index in [1.165, 1.54) is 13.1 Å². The Balaban J connectivity index is 2.13. The van der Waals surface area contributed by atoms with Gasteiger partial charge in [0.25, 0.3) is 0 Å². The van der Waals surface area contributed by atoms with Gasteiger partial charge in [0.2, 0.25) is 5.92 Å². The van der Waals surface area contributed by atoms with E-state index in [1.807, 2.05) is 6.92 Å². The Morgan fingerprint density at radius 1 is 1.68 bits per heavy atom. The van der Waals surface area contributed by atoms with Gasteiger partial charge in [-0.3, -0.25) is 9.48 Å². The zero-order valence-corrected chi connectivity index (χ0v) is 11.4. The first kappa shape index (κ1) is 14.1. The van der Waals surface area contributed by atoms with Crippen molar-refractivity contribution in [3.8, 4) is 0 Å². The number of fused-ring (bicyclic) bond motifs is 1. The quantitative estimate of drug-likeness (QED) is 0.854. The highest BCUT2D eigenvalue weighted by atomic mass is 19.3. The Labute approximate surface area is 111 Å². The number of alkyl halides is 2. The molecule has 0 saturated carbocycles. The molecule has 2 rings (SSSR count). The number of Topliss-reactive ketones (excluding diaryl/α,β-unsaturated/α-hetero) is 1. The van der Waals surface area contributed by atoms with E-state index in [9.17, 15) is 13.6 Å². The Kier molecular flexibility index (Phi) is 3.71. The first-order valence-corrected chi connectivity index (χ1v) is 6.48. The zero-order valence-electron chi connectivity index (χ0n) is 11.4. The number of ketones is 1. The van der Waals surface area contributed by atoms with Crippen LogP contribution in [0, 0.1) is 5.92 Å². The third kappa shape index (κ3) is 3.00. The predicted molar refractivity (Wildman–Crippen MR) is 67.3 cm³/mol. The first-order valence-electron chi connectivity index (χ1n) is 6.48. The molecule has 0 fully saturated rings. The molecule has 0 bridgehead atoms. The van der Waals surface area contributed by atoms with Crippen LogP contribution in [0.4, 0.5) is 8.78 Å². The maximum atomic E-state index is 13.1. The minimum atomic E-state index is -2.84. The third-order valence-electron chi connectivity index (χ3n) is 3.67. The lowest BCUT2D eigenvalue weighted by atomic mass is 9.95. The number of aromatic nitrogens is 2. The summed E-state index contributed by atoms with van der Waals surface area (Å²) in [6.07, 6.45) is 1.34. The highest BCUT2D eigenvalue weighted by Gasteiger charge is 2.33. The van der Waals surface area contributed by atoms with Crippen molar-refractivity contribution in [2.24, 2.45) is 5.92 Å². The fraction of sp³-hybridized carbons (Fsp3) is 0.692.